The van der Waals surface area contributed by atoms with Crippen LogP contribution in [0, 0.1) is 4.77 Å². The normalized spacial score (nSPS) is 13.8. The van der Waals surface area contributed by atoms with Gasteiger partial charge in [-0.2, -0.15) is 5.10 Å². The number of halogens is 1. The fourth-order valence-corrected chi connectivity index (χ4v) is 3.65. The van der Waals surface area contributed by atoms with Crippen molar-refractivity contribution in [1.29, 1.82) is 0 Å². The van der Waals surface area contributed by atoms with Gasteiger partial charge >= 0.3 is 0 Å². The van der Waals surface area contributed by atoms with Gasteiger partial charge in [0.1, 0.15) is 0 Å². The van der Waals surface area contributed by atoms with Gasteiger partial charge < -0.3 is 0 Å². The number of aromatic nitrogens is 4. The average molecular weight is 412 g/mol. The predicted octanol–water partition coefficient (Wildman–Crippen LogP) is 4.94. The zero-order valence-corrected chi connectivity index (χ0v) is 17.1. The maximum Gasteiger partial charge on any atom is 0.199 e. The number of allylic oxidation sites excluding steroid dienone is 1. The van der Waals surface area contributed by atoms with E-state index in [1.54, 1.807) is 6.20 Å². The number of pyridine rings is 1. The summed E-state index contributed by atoms with van der Waals surface area (Å²) in [5.74, 6) is 0.820. The summed E-state index contributed by atoms with van der Waals surface area (Å²) in [4.78, 5) is 6.65. The molecule has 5 nitrogen and oxygen atoms in total. The second-order valence-electron chi connectivity index (χ2n) is 6.99. The third kappa shape index (κ3) is 4.24. The van der Waals surface area contributed by atoms with Crippen molar-refractivity contribution in [2.75, 3.05) is 0 Å². The highest BCUT2D eigenvalue weighted by Crippen LogP contribution is 2.29. The van der Waals surface area contributed by atoms with Crippen molar-refractivity contribution >= 4 is 23.8 Å². The summed E-state index contributed by atoms with van der Waals surface area (Å²) in [5, 5.41) is 5.59. The SMILES string of the molecule is C=CCn1c(-c2cccnc2)nn(CN(Cc2ccc(Cl)cc2)C2CC2)c1=S. The smallest absolute Gasteiger partial charge is 0.199 e. The molecule has 4 rings (SSSR count). The summed E-state index contributed by atoms with van der Waals surface area (Å²) < 4.78 is 4.61. The molecular weight excluding hydrogens is 390 g/mol. The Hall–Kier alpha value is -2.28. The monoisotopic (exact) mass is 411 g/mol. The topological polar surface area (TPSA) is 38.9 Å². The van der Waals surface area contributed by atoms with Crippen LogP contribution in [-0.2, 0) is 19.8 Å². The third-order valence-corrected chi connectivity index (χ3v) is 5.52. The molecule has 0 aliphatic heterocycles. The lowest BCUT2D eigenvalue weighted by atomic mass is 10.2. The maximum absolute atomic E-state index is 6.02. The van der Waals surface area contributed by atoms with Crippen LogP contribution in [0.15, 0.2) is 61.4 Å². The lowest BCUT2D eigenvalue weighted by molar-refractivity contribution is 0.186. The minimum atomic E-state index is 0.573. The van der Waals surface area contributed by atoms with Gasteiger partial charge in [-0.1, -0.05) is 29.8 Å². The van der Waals surface area contributed by atoms with E-state index < -0.39 is 0 Å². The Labute approximate surface area is 174 Å². The number of rotatable bonds is 8. The number of benzene rings is 1. The molecule has 2 aromatic heterocycles. The molecule has 0 spiro atoms. The summed E-state index contributed by atoms with van der Waals surface area (Å²) in [6.07, 6.45) is 7.84. The maximum atomic E-state index is 6.02. The van der Waals surface area contributed by atoms with E-state index in [2.05, 4.69) is 28.6 Å². The van der Waals surface area contributed by atoms with Crippen molar-refractivity contribution in [3.8, 4) is 11.4 Å². The fourth-order valence-electron chi connectivity index (χ4n) is 3.27. The number of nitrogens with zero attached hydrogens (tertiary/aromatic N) is 5. The van der Waals surface area contributed by atoms with E-state index in [1.165, 1.54) is 18.4 Å². The Morgan fingerprint density at radius 1 is 1.25 bits per heavy atom. The van der Waals surface area contributed by atoms with E-state index >= 15 is 0 Å². The van der Waals surface area contributed by atoms with Gasteiger partial charge in [0.25, 0.3) is 0 Å². The molecule has 1 saturated carbocycles. The van der Waals surface area contributed by atoms with Crippen LogP contribution < -0.4 is 0 Å². The molecule has 7 heteroatoms. The van der Waals surface area contributed by atoms with Crippen molar-refractivity contribution < 1.29 is 0 Å². The number of hydrogen-bond donors (Lipinski definition) is 0. The third-order valence-electron chi connectivity index (χ3n) is 4.83. The molecule has 0 radical (unpaired) electrons. The van der Waals surface area contributed by atoms with Gasteiger partial charge in [0.05, 0.1) is 6.67 Å². The first kappa shape index (κ1) is 19.1. The molecular formula is C21H22ClN5S. The van der Waals surface area contributed by atoms with Crippen LogP contribution in [0.3, 0.4) is 0 Å². The molecule has 28 heavy (non-hydrogen) atoms. The molecule has 0 unspecified atom stereocenters. The van der Waals surface area contributed by atoms with E-state index in [9.17, 15) is 0 Å². The van der Waals surface area contributed by atoms with E-state index in [0.717, 1.165) is 23.0 Å². The van der Waals surface area contributed by atoms with Crippen LogP contribution in [0.1, 0.15) is 18.4 Å². The summed E-state index contributed by atoms with van der Waals surface area (Å²) in [7, 11) is 0. The summed E-state index contributed by atoms with van der Waals surface area (Å²) in [5.41, 5.74) is 2.19. The van der Waals surface area contributed by atoms with Crippen LogP contribution in [0.4, 0.5) is 0 Å². The van der Waals surface area contributed by atoms with Crippen molar-refractivity contribution in [2.24, 2.45) is 0 Å². The Morgan fingerprint density at radius 3 is 2.68 bits per heavy atom. The van der Waals surface area contributed by atoms with Crippen molar-refractivity contribution in [1.82, 2.24) is 24.2 Å². The zero-order chi connectivity index (χ0) is 19.5. The molecule has 1 aliphatic rings. The summed E-state index contributed by atoms with van der Waals surface area (Å²) in [6.45, 7) is 5.98. The molecule has 1 aromatic carbocycles. The van der Waals surface area contributed by atoms with Crippen LogP contribution >= 0.6 is 23.8 Å². The Balaban J connectivity index is 1.63. The first-order chi connectivity index (χ1) is 13.7. The summed E-state index contributed by atoms with van der Waals surface area (Å²) >= 11 is 11.8. The van der Waals surface area contributed by atoms with Crippen molar-refractivity contribution in [3.63, 3.8) is 0 Å². The lowest BCUT2D eigenvalue weighted by Gasteiger charge is -2.21. The van der Waals surface area contributed by atoms with Gasteiger partial charge in [0, 0.05) is 42.1 Å². The standard InChI is InChI=1S/C21H22ClN5S/c1-2-12-26-20(17-4-3-11-23-13-17)24-27(21(26)28)15-25(19-9-10-19)14-16-5-7-18(22)8-6-16/h2-8,11,13,19H,1,9-10,12,14-15H2. The highest BCUT2D eigenvalue weighted by molar-refractivity contribution is 7.71. The molecule has 1 aliphatic carbocycles. The molecule has 0 atom stereocenters. The van der Waals surface area contributed by atoms with Crippen LogP contribution in [-0.4, -0.2) is 30.3 Å². The van der Waals surface area contributed by atoms with Crippen LogP contribution in [0.5, 0.6) is 0 Å². The van der Waals surface area contributed by atoms with Crippen molar-refractivity contribution in [3.05, 3.63) is 76.8 Å². The molecule has 0 bridgehead atoms. The highest BCUT2D eigenvalue weighted by Gasteiger charge is 2.30. The second kappa shape index (κ2) is 8.39. The first-order valence-corrected chi connectivity index (χ1v) is 10.1. The van der Waals surface area contributed by atoms with E-state index in [1.807, 2.05) is 45.8 Å². The first-order valence-electron chi connectivity index (χ1n) is 9.33. The predicted molar refractivity (Wildman–Crippen MR) is 114 cm³/mol. The van der Waals surface area contributed by atoms with E-state index in [4.69, 9.17) is 28.9 Å². The molecule has 2 heterocycles. The Kier molecular flexibility index (Phi) is 5.71. The van der Waals surface area contributed by atoms with Gasteiger partial charge in [0.2, 0.25) is 0 Å². The average Bonchev–Trinajstić information content (AvgIpc) is 3.51. The van der Waals surface area contributed by atoms with Crippen LogP contribution in [0.2, 0.25) is 5.02 Å². The van der Waals surface area contributed by atoms with E-state index in [0.29, 0.717) is 24.0 Å². The summed E-state index contributed by atoms with van der Waals surface area (Å²) in [6, 6.07) is 12.5. The number of hydrogen-bond acceptors (Lipinski definition) is 4. The molecule has 1 fully saturated rings. The lowest BCUT2D eigenvalue weighted by Crippen LogP contribution is -2.29. The molecule has 144 valence electrons. The highest BCUT2D eigenvalue weighted by atomic mass is 35.5. The van der Waals surface area contributed by atoms with Crippen LogP contribution in [0.25, 0.3) is 11.4 Å². The van der Waals surface area contributed by atoms with Gasteiger partial charge in [-0.3, -0.25) is 14.5 Å². The van der Waals surface area contributed by atoms with Gasteiger partial charge in [-0.15, -0.1) is 6.58 Å². The fraction of sp³-hybridized carbons (Fsp3) is 0.286. The largest absolute Gasteiger partial charge is 0.296 e. The Bertz CT molecular complexity index is 1010. The minimum absolute atomic E-state index is 0.573. The van der Waals surface area contributed by atoms with Crippen molar-refractivity contribution in [2.45, 2.75) is 38.6 Å². The molecule has 0 N–H and O–H groups in total. The molecule has 0 amide bonds. The van der Waals surface area contributed by atoms with E-state index in [-0.39, 0.29) is 0 Å². The molecule has 0 saturated heterocycles. The second-order valence-corrected chi connectivity index (χ2v) is 7.79. The van der Waals surface area contributed by atoms with Gasteiger partial charge in [-0.05, 0) is 54.9 Å². The quantitative estimate of drug-likeness (QED) is 0.389. The van der Waals surface area contributed by atoms with Gasteiger partial charge in [-0.25, -0.2) is 4.68 Å². The van der Waals surface area contributed by atoms with Gasteiger partial charge in [0.15, 0.2) is 10.6 Å². The zero-order valence-electron chi connectivity index (χ0n) is 15.5. The Morgan fingerprint density at radius 2 is 2.04 bits per heavy atom. The molecule has 3 aromatic rings. The minimum Gasteiger partial charge on any atom is -0.296 e.